The van der Waals surface area contributed by atoms with Gasteiger partial charge in [0, 0.05) is 18.2 Å². The van der Waals surface area contributed by atoms with Gasteiger partial charge < -0.3 is 14.9 Å². The molecule has 104 valence electrons. The van der Waals surface area contributed by atoms with E-state index in [2.05, 4.69) is 11.6 Å². The van der Waals surface area contributed by atoms with Crippen LogP contribution in [0.1, 0.15) is 18.2 Å². The Labute approximate surface area is 108 Å². The van der Waals surface area contributed by atoms with E-state index < -0.39 is 35.8 Å². The number of hydrogen-bond donors (Lipinski definition) is 3. The Morgan fingerprint density at radius 2 is 2.37 bits per heavy atom. The molecule has 0 radical (unpaired) electrons. The first-order chi connectivity index (χ1) is 8.93. The molecule has 3 atom stereocenters. The minimum Gasteiger partial charge on any atom is -0.393 e. The Morgan fingerprint density at radius 3 is 2.89 bits per heavy atom. The van der Waals surface area contributed by atoms with E-state index in [4.69, 9.17) is 4.74 Å². The molecule has 2 heterocycles. The van der Waals surface area contributed by atoms with Crippen molar-refractivity contribution in [1.29, 1.82) is 0 Å². The number of aliphatic hydroxyl groups excluding tert-OH is 2. The van der Waals surface area contributed by atoms with Crippen molar-refractivity contribution in [2.24, 2.45) is 0 Å². The summed E-state index contributed by atoms with van der Waals surface area (Å²) in [5, 5.41) is 19.3. The molecule has 1 aliphatic heterocycles. The normalized spacial score (nSPS) is 30.5. The molecule has 0 aliphatic carbocycles. The summed E-state index contributed by atoms with van der Waals surface area (Å²) in [5.41, 5.74) is -2.01. The van der Waals surface area contributed by atoms with Gasteiger partial charge in [0.2, 0.25) is 0 Å². The Balaban J connectivity index is 2.41. The van der Waals surface area contributed by atoms with E-state index in [0.29, 0.717) is 5.56 Å². The van der Waals surface area contributed by atoms with Gasteiger partial charge in [-0.15, -0.1) is 6.58 Å². The molecule has 3 N–H and O–H groups in total. The number of aryl methyl sites for hydroxylation is 1. The molecule has 0 aromatic carbocycles. The first-order valence-electron chi connectivity index (χ1n) is 5.86. The number of ether oxygens (including phenoxy) is 1. The summed E-state index contributed by atoms with van der Waals surface area (Å²) in [4.78, 5) is 25.2. The smallest absolute Gasteiger partial charge is 0.330 e. The van der Waals surface area contributed by atoms with Crippen LogP contribution >= 0.6 is 0 Å². The fourth-order valence-electron chi connectivity index (χ4n) is 2.13. The molecule has 0 spiro atoms. The molecule has 1 saturated heterocycles. The Hall–Kier alpha value is -1.70. The standard InChI is InChI=1S/C12H16N2O5/c1-3-12(6-15)8(16)4-9(19-12)14-5-7(2)10(17)13-11(14)18/h3,5,8-9,15-16H,1,4,6H2,2H3,(H,13,17,18)/t8-,9+,12+/m0/s1. The van der Waals surface area contributed by atoms with Crippen LogP contribution in [-0.2, 0) is 4.74 Å². The maximum Gasteiger partial charge on any atom is 0.330 e. The summed E-state index contributed by atoms with van der Waals surface area (Å²) in [6.45, 7) is 4.65. The maximum atomic E-state index is 11.7. The van der Waals surface area contributed by atoms with Crippen LogP contribution in [0.4, 0.5) is 0 Å². The van der Waals surface area contributed by atoms with E-state index >= 15 is 0 Å². The van der Waals surface area contributed by atoms with Gasteiger partial charge in [0.05, 0.1) is 12.7 Å². The molecule has 0 saturated carbocycles. The quantitative estimate of drug-likeness (QED) is 0.613. The molecular weight excluding hydrogens is 252 g/mol. The summed E-state index contributed by atoms with van der Waals surface area (Å²) >= 11 is 0. The number of nitrogens with zero attached hydrogens (tertiary/aromatic N) is 1. The maximum absolute atomic E-state index is 11.7. The minimum absolute atomic E-state index is 0.123. The zero-order valence-electron chi connectivity index (χ0n) is 10.5. The third kappa shape index (κ3) is 2.16. The van der Waals surface area contributed by atoms with Crippen LogP contribution < -0.4 is 11.2 Å². The molecule has 7 nitrogen and oxygen atoms in total. The lowest BCUT2D eigenvalue weighted by atomic mass is 9.98. The fourth-order valence-corrected chi connectivity index (χ4v) is 2.13. The molecule has 1 fully saturated rings. The van der Waals surface area contributed by atoms with Crippen LogP contribution in [0.2, 0.25) is 0 Å². The van der Waals surface area contributed by atoms with Crippen LogP contribution in [-0.4, -0.2) is 38.1 Å². The van der Waals surface area contributed by atoms with Crippen LogP contribution in [0.5, 0.6) is 0 Å². The molecule has 7 heteroatoms. The van der Waals surface area contributed by atoms with Crippen molar-refractivity contribution >= 4 is 0 Å². The van der Waals surface area contributed by atoms with Crippen molar-refractivity contribution in [1.82, 2.24) is 9.55 Å². The number of rotatable bonds is 3. The van der Waals surface area contributed by atoms with Crippen molar-refractivity contribution in [3.63, 3.8) is 0 Å². The lowest BCUT2D eigenvalue weighted by Gasteiger charge is -2.26. The van der Waals surface area contributed by atoms with Crippen molar-refractivity contribution in [2.75, 3.05) is 6.61 Å². The van der Waals surface area contributed by atoms with E-state index in [9.17, 15) is 19.8 Å². The summed E-state index contributed by atoms with van der Waals surface area (Å²) in [5.74, 6) is 0. The van der Waals surface area contributed by atoms with Gasteiger partial charge in [-0.2, -0.15) is 0 Å². The largest absolute Gasteiger partial charge is 0.393 e. The van der Waals surface area contributed by atoms with Crippen molar-refractivity contribution in [3.8, 4) is 0 Å². The number of aromatic nitrogens is 2. The number of hydrogen-bond acceptors (Lipinski definition) is 5. The van der Waals surface area contributed by atoms with Gasteiger partial charge in [0.1, 0.15) is 11.8 Å². The highest BCUT2D eigenvalue weighted by molar-refractivity contribution is 5.08. The SMILES string of the molecule is C=C[C@]1(CO)O[C@@H](n2cc(C)c(=O)[nH]c2=O)C[C@@H]1O. The van der Waals surface area contributed by atoms with Crippen LogP contribution in [0.15, 0.2) is 28.4 Å². The van der Waals surface area contributed by atoms with Gasteiger partial charge in [-0.05, 0) is 6.92 Å². The molecule has 0 bridgehead atoms. The fraction of sp³-hybridized carbons (Fsp3) is 0.500. The van der Waals surface area contributed by atoms with Crippen molar-refractivity contribution < 1.29 is 14.9 Å². The van der Waals surface area contributed by atoms with E-state index in [0.717, 1.165) is 0 Å². The van der Waals surface area contributed by atoms with Crippen LogP contribution in [0.3, 0.4) is 0 Å². The predicted molar refractivity (Wildman–Crippen MR) is 66.8 cm³/mol. The number of H-pyrrole nitrogens is 1. The second-order valence-corrected chi connectivity index (χ2v) is 4.62. The molecule has 2 rings (SSSR count). The van der Waals surface area contributed by atoms with Crippen molar-refractivity contribution in [3.05, 3.63) is 45.3 Å². The highest BCUT2D eigenvalue weighted by atomic mass is 16.6. The Morgan fingerprint density at radius 1 is 1.68 bits per heavy atom. The average Bonchev–Trinajstić information content (AvgIpc) is 2.71. The highest BCUT2D eigenvalue weighted by Crippen LogP contribution is 2.36. The molecule has 1 aromatic rings. The molecule has 1 aliphatic rings. The van der Waals surface area contributed by atoms with E-state index in [-0.39, 0.29) is 6.42 Å². The number of aromatic amines is 1. The second-order valence-electron chi connectivity index (χ2n) is 4.62. The number of aliphatic hydroxyl groups is 2. The summed E-state index contributed by atoms with van der Waals surface area (Å²) in [7, 11) is 0. The monoisotopic (exact) mass is 268 g/mol. The zero-order valence-corrected chi connectivity index (χ0v) is 10.5. The van der Waals surface area contributed by atoms with E-state index in [1.165, 1.54) is 16.8 Å². The summed E-state index contributed by atoms with van der Waals surface area (Å²) in [6, 6.07) is 0. The minimum atomic E-state index is -1.28. The second kappa shape index (κ2) is 4.76. The van der Waals surface area contributed by atoms with E-state index in [1.807, 2.05) is 0 Å². The third-order valence-corrected chi connectivity index (χ3v) is 3.39. The van der Waals surface area contributed by atoms with Crippen molar-refractivity contribution in [2.45, 2.75) is 31.3 Å². The van der Waals surface area contributed by atoms with Gasteiger partial charge in [-0.3, -0.25) is 14.3 Å². The highest BCUT2D eigenvalue weighted by Gasteiger charge is 2.46. The molecule has 19 heavy (non-hydrogen) atoms. The molecule has 0 unspecified atom stereocenters. The molecular formula is C12H16N2O5. The van der Waals surface area contributed by atoms with Gasteiger partial charge in [-0.25, -0.2) is 4.79 Å². The number of nitrogens with one attached hydrogen (secondary N) is 1. The first kappa shape index (κ1) is 13.7. The van der Waals surface area contributed by atoms with Gasteiger partial charge in [0.15, 0.2) is 0 Å². The van der Waals surface area contributed by atoms with Crippen LogP contribution in [0.25, 0.3) is 0 Å². The lowest BCUT2D eigenvalue weighted by molar-refractivity contribution is -0.0974. The third-order valence-electron chi connectivity index (χ3n) is 3.39. The van der Waals surface area contributed by atoms with Gasteiger partial charge in [-0.1, -0.05) is 6.08 Å². The molecule has 0 amide bonds. The average molecular weight is 268 g/mol. The first-order valence-corrected chi connectivity index (χ1v) is 5.86. The summed E-state index contributed by atoms with van der Waals surface area (Å²) < 4.78 is 6.74. The topological polar surface area (TPSA) is 105 Å². The predicted octanol–water partition coefficient (Wildman–Crippen LogP) is -0.958. The van der Waals surface area contributed by atoms with Crippen LogP contribution in [0, 0.1) is 6.92 Å². The van der Waals surface area contributed by atoms with Gasteiger partial charge >= 0.3 is 5.69 Å². The zero-order chi connectivity index (χ0) is 14.2. The Bertz CT molecular complexity index is 605. The molecule has 1 aromatic heterocycles. The lowest BCUT2D eigenvalue weighted by Crippen LogP contribution is -2.41. The van der Waals surface area contributed by atoms with E-state index in [1.54, 1.807) is 6.92 Å². The van der Waals surface area contributed by atoms with Gasteiger partial charge in [0.25, 0.3) is 5.56 Å². The summed E-state index contributed by atoms with van der Waals surface area (Å²) in [6.07, 6.45) is 1.08. The Kier molecular flexibility index (Phi) is 3.44.